The summed E-state index contributed by atoms with van der Waals surface area (Å²) < 4.78 is 0. The second kappa shape index (κ2) is 5.85. The van der Waals surface area contributed by atoms with Gasteiger partial charge in [-0.1, -0.05) is 0 Å². The Morgan fingerprint density at radius 1 is 1.67 bits per heavy atom. The number of aliphatic hydroxyl groups excluding tert-OH is 1. The van der Waals surface area contributed by atoms with Gasteiger partial charge in [0.1, 0.15) is 6.20 Å². The first-order valence-electron chi connectivity index (χ1n) is 5.10. The first-order chi connectivity index (χ1) is 8.34. The molecule has 9 heteroatoms. The van der Waals surface area contributed by atoms with Gasteiger partial charge in [0.05, 0.1) is 18.1 Å². The maximum absolute atomic E-state index is 11.5. The highest BCUT2D eigenvalue weighted by atomic mass is 32.1. The fraction of sp³-hybridized carbons (Fsp3) is 0.556. The summed E-state index contributed by atoms with van der Waals surface area (Å²) in [7, 11) is 0. The Labute approximate surface area is 107 Å². The molecule has 8 nitrogen and oxygen atoms in total. The summed E-state index contributed by atoms with van der Waals surface area (Å²) in [6, 6.07) is 0. The normalized spacial score (nSPS) is 11.3. The van der Waals surface area contributed by atoms with E-state index in [2.05, 4.69) is 15.6 Å². The first-order valence-corrected chi connectivity index (χ1v) is 5.91. The molecule has 1 aromatic rings. The molecule has 0 bridgehead atoms. The molecule has 1 amide bonds. The van der Waals surface area contributed by atoms with Gasteiger partial charge in [-0.05, 0) is 25.2 Å². The summed E-state index contributed by atoms with van der Waals surface area (Å²) in [4.78, 5) is 25.1. The Bertz CT molecular complexity index is 446. The van der Waals surface area contributed by atoms with Crippen molar-refractivity contribution in [3.05, 3.63) is 16.3 Å². The van der Waals surface area contributed by atoms with Gasteiger partial charge < -0.3 is 15.7 Å². The summed E-state index contributed by atoms with van der Waals surface area (Å²) in [5.41, 5.74) is -0.563. The van der Waals surface area contributed by atoms with Gasteiger partial charge in [-0.15, -0.1) is 0 Å². The molecule has 1 aromatic heterocycles. The lowest BCUT2D eigenvalue weighted by Gasteiger charge is -2.22. The van der Waals surface area contributed by atoms with E-state index in [0.717, 1.165) is 17.5 Å². The number of aliphatic hydroxyl groups is 1. The molecular weight excluding hydrogens is 260 g/mol. The molecule has 0 aliphatic carbocycles. The van der Waals surface area contributed by atoms with Crippen molar-refractivity contribution >= 4 is 27.4 Å². The molecule has 0 spiro atoms. The maximum atomic E-state index is 11.5. The minimum atomic E-state index is -0.569. The molecule has 0 unspecified atom stereocenters. The number of nitrogens with zero attached hydrogens (tertiary/aromatic N) is 2. The third-order valence-electron chi connectivity index (χ3n) is 2.04. The number of nitrogens with one attached hydrogen (secondary N) is 2. The van der Waals surface area contributed by atoms with Gasteiger partial charge >= 0.3 is 5.00 Å². The molecule has 0 saturated carbocycles. The number of rotatable bonds is 6. The number of carbonyl (C=O) groups is 1. The van der Waals surface area contributed by atoms with Crippen LogP contribution in [0.2, 0.25) is 0 Å². The molecule has 1 rings (SSSR count). The predicted molar refractivity (Wildman–Crippen MR) is 66.6 cm³/mol. The average Bonchev–Trinajstić information content (AvgIpc) is 2.75. The van der Waals surface area contributed by atoms with Gasteiger partial charge in [0.25, 0.3) is 0 Å². The topological polar surface area (TPSA) is 117 Å². The SMILES string of the molecule is CC(C)(CO)NCC(=O)Nc1ncc([N+](=O)[O-])s1. The second-order valence-corrected chi connectivity index (χ2v) is 5.21. The van der Waals surface area contributed by atoms with E-state index in [9.17, 15) is 14.9 Å². The number of nitro groups is 1. The standard InChI is InChI=1S/C9H14N4O4S/c1-9(2,5-14)11-3-6(15)12-8-10-4-7(18-8)13(16)17/h4,11,14H,3,5H2,1-2H3,(H,10,12,15). The molecule has 0 aliphatic heterocycles. The number of hydrogen-bond donors (Lipinski definition) is 3. The number of thiazole rings is 1. The summed E-state index contributed by atoms with van der Waals surface area (Å²) in [6.45, 7) is 3.37. The third kappa shape index (κ3) is 4.35. The van der Waals surface area contributed by atoms with E-state index < -0.39 is 10.5 Å². The van der Waals surface area contributed by atoms with Gasteiger partial charge in [0.2, 0.25) is 5.91 Å². The van der Waals surface area contributed by atoms with Crippen LogP contribution in [0.15, 0.2) is 6.20 Å². The van der Waals surface area contributed by atoms with E-state index in [1.165, 1.54) is 0 Å². The number of anilines is 1. The zero-order valence-corrected chi connectivity index (χ0v) is 10.8. The van der Waals surface area contributed by atoms with Gasteiger partial charge in [-0.25, -0.2) is 4.98 Å². The quantitative estimate of drug-likeness (QED) is 0.509. The monoisotopic (exact) mass is 274 g/mol. The van der Waals surface area contributed by atoms with Crippen molar-refractivity contribution in [2.75, 3.05) is 18.5 Å². The Morgan fingerprint density at radius 3 is 2.83 bits per heavy atom. The second-order valence-electron chi connectivity index (χ2n) is 4.20. The highest BCUT2D eigenvalue weighted by Gasteiger charge is 2.18. The highest BCUT2D eigenvalue weighted by Crippen LogP contribution is 2.24. The lowest BCUT2D eigenvalue weighted by atomic mass is 10.1. The van der Waals surface area contributed by atoms with E-state index in [1.807, 2.05) is 0 Å². The van der Waals surface area contributed by atoms with Crippen molar-refractivity contribution < 1.29 is 14.8 Å². The Hall–Kier alpha value is -1.58. The molecule has 0 fully saturated rings. The molecule has 0 aromatic carbocycles. The van der Waals surface area contributed by atoms with E-state index in [4.69, 9.17) is 5.11 Å². The molecule has 1 heterocycles. The summed E-state index contributed by atoms with van der Waals surface area (Å²) in [6.07, 6.45) is 1.09. The molecule has 0 radical (unpaired) electrons. The van der Waals surface area contributed by atoms with Crippen LogP contribution in [0.3, 0.4) is 0 Å². The van der Waals surface area contributed by atoms with E-state index in [-0.39, 0.29) is 29.2 Å². The number of aromatic nitrogens is 1. The van der Waals surface area contributed by atoms with Crippen LogP contribution < -0.4 is 10.6 Å². The summed E-state index contributed by atoms with van der Waals surface area (Å²) in [5, 5.41) is 24.7. The number of amides is 1. The molecule has 100 valence electrons. The number of hydrogen-bond acceptors (Lipinski definition) is 7. The van der Waals surface area contributed by atoms with Crippen molar-refractivity contribution in [1.82, 2.24) is 10.3 Å². The smallest absolute Gasteiger partial charge is 0.345 e. The largest absolute Gasteiger partial charge is 0.394 e. The predicted octanol–water partition coefficient (Wildman–Crippen LogP) is 0.350. The van der Waals surface area contributed by atoms with Crippen LogP contribution >= 0.6 is 11.3 Å². The van der Waals surface area contributed by atoms with Crippen LogP contribution in [0.4, 0.5) is 10.1 Å². The van der Waals surface area contributed by atoms with Gasteiger partial charge in [-0.2, -0.15) is 0 Å². The van der Waals surface area contributed by atoms with Gasteiger partial charge in [-0.3, -0.25) is 14.9 Å². The Morgan fingerprint density at radius 2 is 2.33 bits per heavy atom. The van der Waals surface area contributed by atoms with E-state index in [0.29, 0.717) is 0 Å². The van der Waals surface area contributed by atoms with Gasteiger partial charge in [0.15, 0.2) is 5.13 Å². The van der Waals surface area contributed by atoms with Crippen molar-refractivity contribution in [2.45, 2.75) is 19.4 Å². The minimum absolute atomic E-state index is 0.0130. The maximum Gasteiger partial charge on any atom is 0.345 e. The zero-order chi connectivity index (χ0) is 13.8. The summed E-state index contributed by atoms with van der Waals surface area (Å²) >= 11 is 0.789. The summed E-state index contributed by atoms with van der Waals surface area (Å²) in [5.74, 6) is -0.374. The Kier molecular flexibility index (Phi) is 4.70. The van der Waals surface area contributed by atoms with Crippen LogP contribution in [0.25, 0.3) is 0 Å². The fourth-order valence-electron chi connectivity index (χ4n) is 0.947. The van der Waals surface area contributed by atoms with Crippen molar-refractivity contribution in [3.63, 3.8) is 0 Å². The molecular formula is C9H14N4O4S. The van der Waals surface area contributed by atoms with Crippen LogP contribution in [0, 0.1) is 10.1 Å². The molecule has 18 heavy (non-hydrogen) atoms. The fourth-order valence-corrected chi connectivity index (χ4v) is 1.60. The zero-order valence-electron chi connectivity index (χ0n) is 9.97. The van der Waals surface area contributed by atoms with E-state index >= 15 is 0 Å². The third-order valence-corrected chi connectivity index (χ3v) is 2.91. The number of carbonyl (C=O) groups excluding carboxylic acids is 1. The molecule has 3 N–H and O–H groups in total. The van der Waals surface area contributed by atoms with Crippen LogP contribution in [-0.2, 0) is 4.79 Å². The highest BCUT2D eigenvalue weighted by molar-refractivity contribution is 7.18. The van der Waals surface area contributed by atoms with Crippen LogP contribution in [0.5, 0.6) is 0 Å². The van der Waals surface area contributed by atoms with Crippen molar-refractivity contribution in [2.24, 2.45) is 0 Å². The molecule has 0 atom stereocenters. The first kappa shape index (κ1) is 14.5. The average molecular weight is 274 g/mol. The minimum Gasteiger partial charge on any atom is -0.394 e. The Balaban J connectivity index is 2.47. The van der Waals surface area contributed by atoms with Crippen molar-refractivity contribution in [3.8, 4) is 0 Å². The lowest BCUT2D eigenvalue weighted by Crippen LogP contribution is -2.46. The van der Waals surface area contributed by atoms with Crippen LogP contribution in [0.1, 0.15) is 13.8 Å². The molecule has 0 saturated heterocycles. The van der Waals surface area contributed by atoms with Gasteiger partial charge in [0, 0.05) is 5.54 Å². The van der Waals surface area contributed by atoms with Crippen molar-refractivity contribution in [1.29, 1.82) is 0 Å². The lowest BCUT2D eigenvalue weighted by molar-refractivity contribution is -0.380. The molecule has 0 aliphatic rings. The van der Waals surface area contributed by atoms with Crippen LogP contribution in [-0.4, -0.2) is 39.6 Å². The van der Waals surface area contributed by atoms with E-state index in [1.54, 1.807) is 13.8 Å².